The molecule has 2 N–H and O–H groups in total. The first kappa shape index (κ1) is 10.2. The summed E-state index contributed by atoms with van der Waals surface area (Å²) < 4.78 is 0. The van der Waals surface area contributed by atoms with E-state index in [4.69, 9.17) is 0 Å². The number of aromatic nitrogens is 3. The van der Waals surface area contributed by atoms with Crippen molar-refractivity contribution in [2.24, 2.45) is 5.41 Å². The van der Waals surface area contributed by atoms with Crippen LogP contribution in [-0.2, 0) is 0 Å². The molecular weight excluding hydrogens is 166 g/mol. The Morgan fingerprint density at radius 3 is 2.69 bits per heavy atom. The highest BCUT2D eigenvalue weighted by Crippen LogP contribution is 2.25. The Labute approximate surface area is 78.4 Å². The average Bonchev–Trinajstić information content (AvgIpc) is 2.50. The number of nitrogens with one attached hydrogen (secondary N) is 1. The predicted octanol–water partition coefficient (Wildman–Crippen LogP) is 1.66. The van der Waals surface area contributed by atoms with Crippen LogP contribution >= 0.6 is 0 Å². The maximum absolute atomic E-state index is 9.64. The molecule has 0 spiro atoms. The van der Waals surface area contributed by atoms with Gasteiger partial charge in [0, 0.05) is 0 Å². The molecule has 4 nitrogen and oxygen atoms in total. The van der Waals surface area contributed by atoms with Crippen LogP contribution in [0.4, 0.5) is 0 Å². The fourth-order valence-corrected chi connectivity index (χ4v) is 1.08. The molecule has 0 fully saturated rings. The van der Waals surface area contributed by atoms with Crippen molar-refractivity contribution in [2.75, 3.05) is 0 Å². The van der Waals surface area contributed by atoms with Gasteiger partial charge in [0.25, 0.3) is 0 Å². The van der Waals surface area contributed by atoms with Crippen LogP contribution in [0.2, 0.25) is 0 Å². The summed E-state index contributed by atoms with van der Waals surface area (Å²) in [5.41, 5.74) is 0.251. The minimum Gasteiger partial charge on any atom is -0.385 e. The highest BCUT2D eigenvalue weighted by molar-refractivity contribution is 4.86. The van der Waals surface area contributed by atoms with E-state index in [1.807, 2.05) is 0 Å². The van der Waals surface area contributed by atoms with Gasteiger partial charge >= 0.3 is 0 Å². The molecule has 0 radical (unpaired) electrons. The molecule has 74 valence electrons. The lowest BCUT2D eigenvalue weighted by Gasteiger charge is -2.19. The van der Waals surface area contributed by atoms with E-state index in [9.17, 15) is 5.11 Å². The van der Waals surface area contributed by atoms with Crippen molar-refractivity contribution in [1.29, 1.82) is 0 Å². The third-order valence-electron chi connectivity index (χ3n) is 1.92. The zero-order valence-electron chi connectivity index (χ0n) is 8.41. The van der Waals surface area contributed by atoms with Crippen molar-refractivity contribution in [3.63, 3.8) is 0 Å². The van der Waals surface area contributed by atoms with Gasteiger partial charge in [0.05, 0.1) is 0 Å². The third-order valence-corrected chi connectivity index (χ3v) is 1.92. The van der Waals surface area contributed by atoms with Gasteiger partial charge in [0.1, 0.15) is 12.4 Å². The summed E-state index contributed by atoms with van der Waals surface area (Å²) in [4.78, 5) is 3.90. The summed E-state index contributed by atoms with van der Waals surface area (Å²) in [6.07, 6.45) is 2.59. The van der Waals surface area contributed by atoms with Gasteiger partial charge in [0.2, 0.25) is 0 Å². The number of hydrogen-bond donors (Lipinski definition) is 2. The third kappa shape index (κ3) is 3.55. The topological polar surface area (TPSA) is 61.8 Å². The van der Waals surface area contributed by atoms with Crippen molar-refractivity contribution in [3.05, 3.63) is 12.2 Å². The molecule has 0 aliphatic carbocycles. The zero-order valence-corrected chi connectivity index (χ0v) is 8.41. The van der Waals surface area contributed by atoms with Gasteiger partial charge in [-0.05, 0) is 18.3 Å². The Kier molecular flexibility index (Phi) is 3.03. The average molecular weight is 183 g/mol. The van der Waals surface area contributed by atoms with Gasteiger partial charge in [-0.3, -0.25) is 5.10 Å². The molecule has 0 saturated carbocycles. The van der Waals surface area contributed by atoms with Crippen LogP contribution in [0.25, 0.3) is 0 Å². The van der Waals surface area contributed by atoms with E-state index in [0.717, 1.165) is 12.8 Å². The van der Waals surface area contributed by atoms with Crippen LogP contribution in [0.1, 0.15) is 45.5 Å². The van der Waals surface area contributed by atoms with Crippen molar-refractivity contribution in [1.82, 2.24) is 15.2 Å². The number of rotatable bonds is 3. The lowest BCUT2D eigenvalue weighted by molar-refractivity contribution is 0.139. The fraction of sp³-hybridized carbons (Fsp3) is 0.778. The molecular formula is C9H17N3O. The fourth-order valence-electron chi connectivity index (χ4n) is 1.08. The standard InChI is InChI=1S/C9H17N3O/c1-9(2,3)5-4-7(13)8-10-6-11-12-8/h6-7,13H,4-5H2,1-3H3,(H,10,11,12). The number of H-pyrrole nitrogens is 1. The molecule has 0 amide bonds. The molecule has 1 heterocycles. The van der Waals surface area contributed by atoms with E-state index < -0.39 is 6.10 Å². The largest absolute Gasteiger partial charge is 0.385 e. The lowest BCUT2D eigenvalue weighted by atomic mass is 9.89. The molecule has 1 atom stereocenters. The Morgan fingerprint density at radius 2 is 2.23 bits per heavy atom. The first-order valence-corrected chi connectivity index (χ1v) is 4.52. The van der Waals surface area contributed by atoms with Crippen molar-refractivity contribution in [2.45, 2.75) is 39.7 Å². The first-order valence-electron chi connectivity index (χ1n) is 4.52. The highest BCUT2D eigenvalue weighted by atomic mass is 16.3. The Morgan fingerprint density at radius 1 is 1.54 bits per heavy atom. The minimum atomic E-state index is -0.512. The molecule has 0 aromatic carbocycles. The number of aromatic amines is 1. The van der Waals surface area contributed by atoms with Crippen LogP contribution in [0.15, 0.2) is 6.33 Å². The van der Waals surface area contributed by atoms with Gasteiger partial charge in [-0.15, -0.1) is 0 Å². The van der Waals surface area contributed by atoms with Crippen molar-refractivity contribution in [3.8, 4) is 0 Å². The summed E-state index contributed by atoms with van der Waals surface area (Å²) in [6, 6.07) is 0. The summed E-state index contributed by atoms with van der Waals surface area (Å²) in [5, 5.41) is 16.0. The molecule has 1 aromatic heterocycles. The van der Waals surface area contributed by atoms with E-state index in [1.54, 1.807) is 0 Å². The number of aliphatic hydroxyl groups excluding tert-OH is 1. The number of hydrogen-bond acceptors (Lipinski definition) is 3. The van der Waals surface area contributed by atoms with Gasteiger partial charge in [-0.25, -0.2) is 4.98 Å². The predicted molar refractivity (Wildman–Crippen MR) is 50.0 cm³/mol. The monoisotopic (exact) mass is 183 g/mol. The molecule has 0 aliphatic heterocycles. The van der Waals surface area contributed by atoms with Crippen LogP contribution in [-0.4, -0.2) is 20.3 Å². The molecule has 0 saturated heterocycles. The van der Waals surface area contributed by atoms with Crippen molar-refractivity contribution >= 4 is 0 Å². The molecule has 1 rings (SSSR count). The zero-order chi connectivity index (χ0) is 9.90. The second kappa shape index (κ2) is 3.87. The van der Waals surface area contributed by atoms with Gasteiger partial charge in [-0.1, -0.05) is 20.8 Å². The second-order valence-electron chi connectivity index (χ2n) is 4.49. The van der Waals surface area contributed by atoms with Crippen molar-refractivity contribution < 1.29 is 5.11 Å². The second-order valence-corrected chi connectivity index (χ2v) is 4.49. The number of aliphatic hydroxyl groups is 1. The Balaban J connectivity index is 2.39. The van der Waals surface area contributed by atoms with Crippen LogP contribution in [0, 0.1) is 5.41 Å². The van der Waals surface area contributed by atoms with E-state index in [0.29, 0.717) is 5.82 Å². The minimum absolute atomic E-state index is 0.251. The van der Waals surface area contributed by atoms with E-state index in [2.05, 4.69) is 36.0 Å². The molecule has 4 heteroatoms. The summed E-state index contributed by atoms with van der Waals surface area (Å²) in [5.74, 6) is 0.559. The van der Waals surface area contributed by atoms with Crippen LogP contribution in [0.3, 0.4) is 0 Å². The molecule has 0 aliphatic rings. The Bertz CT molecular complexity index is 238. The SMILES string of the molecule is CC(C)(C)CCC(O)c1ncn[nH]1. The summed E-state index contributed by atoms with van der Waals surface area (Å²) in [7, 11) is 0. The quantitative estimate of drug-likeness (QED) is 0.749. The van der Waals surface area contributed by atoms with Gasteiger partial charge < -0.3 is 5.11 Å². The van der Waals surface area contributed by atoms with Gasteiger partial charge in [-0.2, -0.15) is 5.10 Å². The molecule has 1 aromatic rings. The highest BCUT2D eigenvalue weighted by Gasteiger charge is 2.16. The lowest BCUT2D eigenvalue weighted by Crippen LogP contribution is -2.09. The maximum Gasteiger partial charge on any atom is 0.153 e. The summed E-state index contributed by atoms with van der Waals surface area (Å²) >= 11 is 0. The maximum atomic E-state index is 9.64. The van der Waals surface area contributed by atoms with E-state index in [-0.39, 0.29) is 5.41 Å². The smallest absolute Gasteiger partial charge is 0.153 e. The van der Waals surface area contributed by atoms with Crippen LogP contribution in [0.5, 0.6) is 0 Å². The first-order chi connectivity index (χ1) is 5.99. The van der Waals surface area contributed by atoms with Gasteiger partial charge in [0.15, 0.2) is 5.82 Å². The Hall–Kier alpha value is -0.900. The molecule has 0 bridgehead atoms. The number of nitrogens with zero attached hydrogens (tertiary/aromatic N) is 2. The van der Waals surface area contributed by atoms with E-state index in [1.165, 1.54) is 6.33 Å². The normalized spacial score (nSPS) is 14.5. The van der Waals surface area contributed by atoms with E-state index >= 15 is 0 Å². The van der Waals surface area contributed by atoms with Crippen LogP contribution < -0.4 is 0 Å². The molecule has 13 heavy (non-hydrogen) atoms. The molecule has 1 unspecified atom stereocenters. The summed E-state index contributed by atoms with van der Waals surface area (Å²) in [6.45, 7) is 6.46.